The summed E-state index contributed by atoms with van der Waals surface area (Å²) in [5.74, 6) is -0.967. The number of benzene rings is 4. The number of hydrazone groups is 1. The second-order valence-corrected chi connectivity index (χ2v) is 11.1. The van der Waals surface area contributed by atoms with Gasteiger partial charge in [-0.3, -0.25) is 4.79 Å². The summed E-state index contributed by atoms with van der Waals surface area (Å²) >= 11 is 1.32. The molecule has 0 saturated carbocycles. The summed E-state index contributed by atoms with van der Waals surface area (Å²) in [7, 11) is 0. The number of anilines is 2. The fourth-order valence-corrected chi connectivity index (χ4v) is 5.80. The van der Waals surface area contributed by atoms with Crippen molar-refractivity contribution >= 4 is 35.3 Å². The lowest BCUT2D eigenvalue weighted by molar-refractivity contribution is -0.137. The molecule has 45 heavy (non-hydrogen) atoms. The third kappa shape index (κ3) is 6.71. The van der Waals surface area contributed by atoms with Gasteiger partial charge in [-0.15, -0.1) is 5.10 Å². The van der Waals surface area contributed by atoms with Crippen LogP contribution in [0.25, 0.3) is 0 Å². The van der Waals surface area contributed by atoms with Crippen molar-refractivity contribution in [1.82, 2.24) is 20.4 Å². The maximum absolute atomic E-state index is 13.7. The monoisotopic (exact) mass is 627 g/mol. The van der Waals surface area contributed by atoms with E-state index in [1.54, 1.807) is 40.0 Å². The molecule has 1 aromatic heterocycles. The number of carbonyl (C=O) groups excluding carboxylic acids is 1. The molecule has 2 heterocycles. The summed E-state index contributed by atoms with van der Waals surface area (Å²) in [5.41, 5.74) is 5.57. The molecular weight excluding hydrogens is 606 g/mol. The molecule has 0 spiro atoms. The van der Waals surface area contributed by atoms with Crippen molar-refractivity contribution in [1.29, 1.82) is 5.26 Å². The summed E-state index contributed by atoms with van der Waals surface area (Å²) in [5, 5.41) is 21.5. The highest BCUT2D eigenvalue weighted by molar-refractivity contribution is 7.99. The Morgan fingerprint density at radius 2 is 1.73 bits per heavy atom. The third-order valence-corrected chi connectivity index (χ3v) is 8.00. The third-order valence-electron chi connectivity index (χ3n) is 6.89. The van der Waals surface area contributed by atoms with Crippen LogP contribution in [0.15, 0.2) is 106 Å². The molecule has 1 N–H and O–H groups in total. The van der Waals surface area contributed by atoms with Gasteiger partial charge in [0, 0.05) is 15.4 Å². The van der Waals surface area contributed by atoms with Gasteiger partial charge in [0.1, 0.15) is 11.5 Å². The van der Waals surface area contributed by atoms with E-state index in [1.807, 2.05) is 18.2 Å². The Bertz CT molecular complexity index is 1950. The molecule has 4 aromatic carbocycles. The van der Waals surface area contributed by atoms with Crippen molar-refractivity contribution in [2.75, 3.05) is 4.90 Å². The molecule has 0 saturated heterocycles. The number of nitrogens with one attached hydrogen (secondary N) is 1. The Hall–Kier alpha value is -5.48. The van der Waals surface area contributed by atoms with Gasteiger partial charge in [-0.1, -0.05) is 35.2 Å². The van der Waals surface area contributed by atoms with E-state index < -0.39 is 23.5 Å². The summed E-state index contributed by atoms with van der Waals surface area (Å²) < 4.78 is 55.8. The molecular formula is C32H21F4N7OS. The number of nitriles is 1. The lowest BCUT2D eigenvalue weighted by atomic mass is 10.1. The van der Waals surface area contributed by atoms with E-state index in [0.29, 0.717) is 39.6 Å². The van der Waals surface area contributed by atoms with Gasteiger partial charge in [-0.2, -0.15) is 23.5 Å². The van der Waals surface area contributed by atoms with Crippen LogP contribution in [0.2, 0.25) is 0 Å². The van der Waals surface area contributed by atoms with E-state index in [1.165, 1.54) is 48.3 Å². The van der Waals surface area contributed by atoms with E-state index >= 15 is 0 Å². The van der Waals surface area contributed by atoms with Crippen molar-refractivity contribution in [3.05, 3.63) is 130 Å². The second-order valence-electron chi connectivity index (χ2n) is 10.0. The average Bonchev–Trinajstić information content (AvgIpc) is 3.47. The number of carbonyl (C=O) groups is 1. The van der Waals surface area contributed by atoms with Crippen LogP contribution in [0.1, 0.15) is 38.3 Å². The molecule has 0 atom stereocenters. The predicted octanol–water partition coefficient (Wildman–Crippen LogP) is 6.92. The number of hydrogen-bond donors (Lipinski definition) is 1. The average molecular weight is 628 g/mol. The molecule has 8 nitrogen and oxygen atoms in total. The van der Waals surface area contributed by atoms with Gasteiger partial charge in [-0.05, 0) is 77.9 Å². The molecule has 0 fully saturated rings. The molecule has 1 aliphatic heterocycles. The van der Waals surface area contributed by atoms with E-state index in [2.05, 4.69) is 26.9 Å². The van der Waals surface area contributed by atoms with Crippen LogP contribution < -0.4 is 10.3 Å². The maximum atomic E-state index is 13.7. The largest absolute Gasteiger partial charge is 0.416 e. The van der Waals surface area contributed by atoms with E-state index in [-0.39, 0.29) is 12.1 Å². The molecule has 1 aliphatic rings. The summed E-state index contributed by atoms with van der Waals surface area (Å²) in [6.07, 6.45) is -1.34. The number of nitrogens with zero attached hydrogens (tertiary/aromatic N) is 6. The molecule has 0 aliphatic carbocycles. The molecule has 6 rings (SSSR count). The minimum absolute atomic E-state index is 0.149. The molecule has 0 bridgehead atoms. The highest BCUT2D eigenvalue weighted by atomic mass is 32.2. The van der Waals surface area contributed by atoms with Gasteiger partial charge >= 0.3 is 6.18 Å². The number of fused-ring (bicyclic) bond motifs is 2. The first-order valence-corrected chi connectivity index (χ1v) is 14.3. The van der Waals surface area contributed by atoms with Gasteiger partial charge in [-0.25, -0.2) is 14.5 Å². The number of halogens is 4. The molecule has 5 aromatic rings. The highest BCUT2D eigenvalue weighted by Crippen LogP contribution is 2.50. The summed E-state index contributed by atoms with van der Waals surface area (Å²) in [4.78, 5) is 15.5. The Morgan fingerprint density at radius 3 is 2.47 bits per heavy atom. The first kappa shape index (κ1) is 29.6. The van der Waals surface area contributed by atoms with E-state index in [0.717, 1.165) is 22.6 Å². The zero-order chi connectivity index (χ0) is 31.6. The first-order valence-electron chi connectivity index (χ1n) is 13.4. The SMILES string of the molecule is N#Cc1ccc(Cn2cc(CN3c4ccc(/C=N/NC(=O)c5ccc(F)cc5)cc4Sc4ccc(C(F)(F)F)cc43)nn2)cc1. The molecule has 0 radical (unpaired) electrons. The van der Waals surface area contributed by atoms with Gasteiger partial charge in [0.05, 0.1) is 54.1 Å². The predicted molar refractivity (Wildman–Crippen MR) is 160 cm³/mol. The highest BCUT2D eigenvalue weighted by Gasteiger charge is 2.33. The Labute approximate surface area is 258 Å². The minimum Gasteiger partial charge on any atom is -0.333 e. The summed E-state index contributed by atoms with van der Waals surface area (Å²) in [6, 6.07) is 23.2. The second kappa shape index (κ2) is 12.3. The molecule has 224 valence electrons. The number of amides is 1. The molecule has 13 heteroatoms. The molecule has 1 amide bonds. The van der Waals surface area contributed by atoms with Crippen molar-refractivity contribution in [3.8, 4) is 6.07 Å². The standard InChI is InChI=1S/C32H21F4N7OS/c33-25-9-6-23(7-10-25)31(44)40-38-16-22-5-11-27-30(13-22)45-29-12-8-24(32(34,35)36)14-28(29)43(27)19-26-18-42(41-39-26)17-21-3-1-20(15-37)2-4-21/h1-14,16,18H,17,19H2,(H,40,44)/b38-16+. The van der Waals surface area contributed by atoms with Crippen LogP contribution in [-0.2, 0) is 19.3 Å². The van der Waals surface area contributed by atoms with Gasteiger partial charge < -0.3 is 4.90 Å². The van der Waals surface area contributed by atoms with Crippen molar-refractivity contribution in [2.45, 2.75) is 29.1 Å². The Kier molecular flexibility index (Phi) is 8.06. The Morgan fingerprint density at radius 1 is 0.956 bits per heavy atom. The fourth-order valence-electron chi connectivity index (χ4n) is 4.68. The number of rotatable bonds is 7. The first-order chi connectivity index (χ1) is 21.7. The van der Waals surface area contributed by atoms with Crippen molar-refractivity contribution in [2.24, 2.45) is 5.10 Å². The number of hydrogen-bond acceptors (Lipinski definition) is 7. The smallest absolute Gasteiger partial charge is 0.333 e. The minimum atomic E-state index is -4.52. The van der Waals surface area contributed by atoms with Gasteiger partial charge in [0.15, 0.2) is 0 Å². The van der Waals surface area contributed by atoms with Crippen LogP contribution >= 0.6 is 11.8 Å². The van der Waals surface area contributed by atoms with Gasteiger partial charge in [0.25, 0.3) is 5.91 Å². The lowest BCUT2D eigenvalue weighted by Gasteiger charge is -2.33. The van der Waals surface area contributed by atoms with Crippen LogP contribution in [0.5, 0.6) is 0 Å². The van der Waals surface area contributed by atoms with Crippen LogP contribution in [0, 0.1) is 17.1 Å². The van der Waals surface area contributed by atoms with Gasteiger partial charge in [0.2, 0.25) is 0 Å². The number of alkyl halides is 3. The lowest BCUT2D eigenvalue weighted by Crippen LogP contribution is -2.21. The van der Waals surface area contributed by atoms with E-state index in [9.17, 15) is 22.4 Å². The zero-order valence-corrected chi connectivity index (χ0v) is 24.0. The number of aromatic nitrogens is 3. The fraction of sp³-hybridized carbons (Fsp3) is 0.0938. The van der Waals surface area contributed by atoms with Crippen molar-refractivity contribution in [3.63, 3.8) is 0 Å². The topological polar surface area (TPSA) is 99.2 Å². The van der Waals surface area contributed by atoms with Crippen molar-refractivity contribution < 1.29 is 22.4 Å². The quantitative estimate of drug-likeness (QED) is 0.120. The van der Waals surface area contributed by atoms with Crippen LogP contribution in [-0.4, -0.2) is 27.1 Å². The zero-order valence-electron chi connectivity index (χ0n) is 23.2. The molecule has 0 unspecified atom stereocenters. The normalized spacial score (nSPS) is 12.5. The Balaban J connectivity index is 1.26. The van der Waals surface area contributed by atoms with Crippen LogP contribution in [0.3, 0.4) is 0 Å². The maximum Gasteiger partial charge on any atom is 0.416 e. The summed E-state index contributed by atoms with van der Waals surface area (Å²) in [6.45, 7) is 0.552. The van der Waals surface area contributed by atoms with Crippen LogP contribution in [0.4, 0.5) is 28.9 Å². The van der Waals surface area contributed by atoms with E-state index in [4.69, 9.17) is 5.26 Å².